The van der Waals surface area contributed by atoms with Crippen LogP contribution in [0.25, 0.3) is 0 Å². The summed E-state index contributed by atoms with van der Waals surface area (Å²) in [4.78, 5) is 26.5. The lowest BCUT2D eigenvalue weighted by Gasteiger charge is -2.39. The Morgan fingerprint density at radius 1 is 0.952 bits per heavy atom. The quantitative estimate of drug-likeness (QED) is 0.200. The van der Waals surface area contributed by atoms with E-state index in [0.29, 0.717) is 29.2 Å². The normalized spacial score (nSPS) is 21.9. The average molecular weight is 581 g/mol. The van der Waals surface area contributed by atoms with Crippen molar-refractivity contribution in [3.63, 3.8) is 0 Å². The third kappa shape index (κ3) is 6.31. The molecule has 0 aromatic heterocycles. The average Bonchev–Trinajstić information content (AvgIpc) is 3.60. The van der Waals surface area contributed by atoms with Gasteiger partial charge in [-0.3, -0.25) is 9.59 Å². The van der Waals surface area contributed by atoms with E-state index in [0.717, 1.165) is 48.9 Å². The zero-order valence-electron chi connectivity index (χ0n) is 24.8. The molecule has 1 aliphatic carbocycles. The minimum absolute atomic E-state index is 0.0240. The van der Waals surface area contributed by atoms with E-state index in [9.17, 15) is 14.7 Å². The molecule has 5 rings (SSSR count). The van der Waals surface area contributed by atoms with Crippen LogP contribution in [0.4, 0.5) is 0 Å². The van der Waals surface area contributed by atoms with Gasteiger partial charge in [-0.1, -0.05) is 51.0 Å². The van der Waals surface area contributed by atoms with Gasteiger partial charge in [0.05, 0.1) is 25.7 Å². The first kappa shape index (κ1) is 30.0. The number of carbonyl (C=O) groups excluding carboxylic acids is 2. The highest BCUT2D eigenvalue weighted by atomic mass is 16.7. The summed E-state index contributed by atoms with van der Waals surface area (Å²) in [5.41, 5.74) is 8.82. The van der Waals surface area contributed by atoms with Crippen LogP contribution in [0.15, 0.2) is 24.3 Å². The molecule has 9 heteroatoms. The minimum atomic E-state index is -0.512. The number of aryl methyl sites for hydroxylation is 1. The molecule has 0 radical (unpaired) electrons. The Kier molecular flexibility index (Phi) is 9.77. The van der Waals surface area contributed by atoms with E-state index < -0.39 is 12.0 Å². The first-order valence-corrected chi connectivity index (χ1v) is 15.4. The molecule has 2 aromatic carbocycles. The van der Waals surface area contributed by atoms with Crippen molar-refractivity contribution < 1.29 is 33.6 Å². The number of methoxy groups -OCH3 is 1. The van der Waals surface area contributed by atoms with Crippen LogP contribution in [0.5, 0.6) is 23.0 Å². The van der Waals surface area contributed by atoms with Crippen LogP contribution >= 0.6 is 0 Å². The molecule has 4 N–H and O–H groups in total. The summed E-state index contributed by atoms with van der Waals surface area (Å²) in [6.07, 6.45) is 10.7. The molecular weight excluding hydrogens is 536 g/mol. The fourth-order valence-corrected chi connectivity index (χ4v) is 6.77. The first-order valence-electron chi connectivity index (χ1n) is 15.4. The highest BCUT2D eigenvalue weighted by Gasteiger charge is 2.53. The van der Waals surface area contributed by atoms with Crippen molar-refractivity contribution in [2.45, 2.75) is 83.1 Å². The molecular formula is C33H44N2O7. The van der Waals surface area contributed by atoms with Crippen LogP contribution in [-0.4, -0.2) is 44.0 Å². The van der Waals surface area contributed by atoms with Crippen molar-refractivity contribution in [3.05, 3.63) is 46.5 Å². The highest BCUT2D eigenvalue weighted by molar-refractivity contribution is 5.81. The number of hydrogen-bond acceptors (Lipinski definition) is 8. The standard InChI is InChI=1S/C33H44N2O7/c1-20-14-21(15-27(39-2)32(20)37)29-22-16-25-26(42-19-41-25)17-23(22)31(24-18-40-33(38)30(24)29)35-28(36)12-10-8-6-4-3-5-7-9-11-13-34/h14-17,24,29-31,37H,3-13,18-19,34H2,1-2H3,(H,35,36)/t24-,29?,30-,31+/m0/s1. The fourth-order valence-electron chi connectivity index (χ4n) is 6.77. The second-order valence-corrected chi connectivity index (χ2v) is 11.8. The number of benzene rings is 2. The van der Waals surface area contributed by atoms with Gasteiger partial charge >= 0.3 is 5.97 Å². The number of hydrogen-bond donors (Lipinski definition) is 3. The Morgan fingerprint density at radius 2 is 1.60 bits per heavy atom. The molecule has 3 aliphatic rings. The number of carbonyl (C=O) groups is 2. The number of aromatic hydroxyl groups is 1. The van der Waals surface area contributed by atoms with E-state index >= 15 is 0 Å². The van der Waals surface area contributed by atoms with Crippen LogP contribution in [-0.2, 0) is 14.3 Å². The zero-order chi connectivity index (χ0) is 29.6. The Labute approximate surface area is 248 Å². The number of nitrogens with one attached hydrogen (secondary N) is 1. The summed E-state index contributed by atoms with van der Waals surface area (Å²) in [7, 11) is 1.51. The maximum absolute atomic E-state index is 13.3. The Balaban J connectivity index is 1.33. The van der Waals surface area contributed by atoms with E-state index in [4.69, 9.17) is 24.7 Å². The molecule has 42 heavy (non-hydrogen) atoms. The summed E-state index contributed by atoms with van der Waals surface area (Å²) >= 11 is 0. The van der Waals surface area contributed by atoms with Crippen molar-refractivity contribution in [1.82, 2.24) is 5.32 Å². The second-order valence-electron chi connectivity index (χ2n) is 11.8. The van der Waals surface area contributed by atoms with Gasteiger partial charge in [-0.15, -0.1) is 0 Å². The third-order valence-electron chi connectivity index (χ3n) is 8.98. The predicted molar refractivity (Wildman–Crippen MR) is 158 cm³/mol. The van der Waals surface area contributed by atoms with Crippen LogP contribution in [0.2, 0.25) is 0 Å². The zero-order valence-corrected chi connectivity index (χ0v) is 24.8. The summed E-state index contributed by atoms with van der Waals surface area (Å²) in [5.74, 6) is 0.197. The largest absolute Gasteiger partial charge is 0.504 e. The van der Waals surface area contributed by atoms with E-state index in [1.54, 1.807) is 6.07 Å². The molecule has 1 unspecified atom stereocenters. The number of amides is 1. The number of ether oxygens (including phenoxy) is 4. The van der Waals surface area contributed by atoms with Crippen molar-refractivity contribution >= 4 is 11.9 Å². The van der Waals surface area contributed by atoms with Gasteiger partial charge in [0.25, 0.3) is 0 Å². The maximum atomic E-state index is 13.3. The number of phenols is 1. The third-order valence-corrected chi connectivity index (χ3v) is 8.98. The number of esters is 1. The number of cyclic esters (lactones) is 1. The maximum Gasteiger partial charge on any atom is 0.310 e. The number of nitrogens with two attached hydrogens (primary N) is 1. The van der Waals surface area contributed by atoms with Crippen molar-refractivity contribution in [2.75, 3.05) is 27.1 Å². The summed E-state index contributed by atoms with van der Waals surface area (Å²) in [6.45, 7) is 2.92. The lowest BCUT2D eigenvalue weighted by Crippen LogP contribution is -2.42. The molecule has 228 valence electrons. The number of fused-ring (bicyclic) bond motifs is 3. The first-order chi connectivity index (χ1) is 20.4. The molecule has 1 amide bonds. The number of phenolic OH excluding ortho intramolecular Hbond substituents is 1. The SMILES string of the molecule is COc1cc(C2c3cc4c(cc3[C@@H](NC(=O)CCCCCCCCCCCN)[C@H]3COC(=O)[C@H]23)OCO4)cc(C)c1O. The smallest absolute Gasteiger partial charge is 0.310 e. The van der Waals surface area contributed by atoms with E-state index in [1.165, 1.54) is 39.2 Å². The monoisotopic (exact) mass is 580 g/mol. The predicted octanol–water partition coefficient (Wildman–Crippen LogP) is 5.39. The Bertz CT molecular complexity index is 1280. The topological polar surface area (TPSA) is 129 Å². The number of unbranched alkanes of at least 4 members (excludes halogenated alkanes) is 8. The number of rotatable bonds is 14. The van der Waals surface area contributed by atoms with Gasteiger partial charge in [0.15, 0.2) is 23.0 Å². The van der Waals surface area contributed by atoms with Crippen molar-refractivity contribution in [3.8, 4) is 23.0 Å². The second kappa shape index (κ2) is 13.7. The van der Waals surface area contributed by atoms with Crippen LogP contribution < -0.4 is 25.3 Å². The van der Waals surface area contributed by atoms with Gasteiger partial charge in [-0.05, 0) is 66.8 Å². The Hall–Kier alpha value is -3.46. The minimum Gasteiger partial charge on any atom is -0.504 e. The van der Waals surface area contributed by atoms with Gasteiger partial charge in [0, 0.05) is 18.3 Å². The van der Waals surface area contributed by atoms with Crippen LogP contribution in [0.1, 0.15) is 98.4 Å². The van der Waals surface area contributed by atoms with Crippen LogP contribution in [0.3, 0.4) is 0 Å². The molecule has 2 aromatic rings. The van der Waals surface area contributed by atoms with Crippen LogP contribution in [0, 0.1) is 18.8 Å². The molecule has 1 fully saturated rings. The molecule has 2 heterocycles. The van der Waals surface area contributed by atoms with Gasteiger partial charge in [-0.2, -0.15) is 0 Å². The Morgan fingerprint density at radius 3 is 2.26 bits per heavy atom. The molecule has 0 spiro atoms. The summed E-state index contributed by atoms with van der Waals surface area (Å²) in [5, 5.41) is 13.8. The lowest BCUT2D eigenvalue weighted by molar-refractivity contribution is -0.141. The summed E-state index contributed by atoms with van der Waals surface area (Å²) in [6, 6.07) is 7.13. The molecule has 0 saturated carbocycles. The molecule has 0 bridgehead atoms. The van der Waals surface area contributed by atoms with Gasteiger partial charge in [0.1, 0.15) is 0 Å². The van der Waals surface area contributed by atoms with E-state index in [2.05, 4.69) is 5.32 Å². The molecule has 4 atom stereocenters. The van der Waals surface area contributed by atoms with Crippen molar-refractivity contribution in [2.24, 2.45) is 17.6 Å². The van der Waals surface area contributed by atoms with E-state index in [-0.39, 0.29) is 42.9 Å². The van der Waals surface area contributed by atoms with Gasteiger partial charge < -0.3 is 35.1 Å². The van der Waals surface area contributed by atoms with Gasteiger partial charge in [-0.25, -0.2) is 0 Å². The van der Waals surface area contributed by atoms with Crippen molar-refractivity contribution in [1.29, 1.82) is 0 Å². The fraction of sp³-hybridized carbons (Fsp3) is 0.576. The van der Waals surface area contributed by atoms with Gasteiger partial charge in [0.2, 0.25) is 12.7 Å². The van der Waals surface area contributed by atoms with E-state index in [1.807, 2.05) is 25.1 Å². The molecule has 2 aliphatic heterocycles. The molecule has 1 saturated heterocycles. The highest BCUT2D eigenvalue weighted by Crippen LogP contribution is 2.55. The summed E-state index contributed by atoms with van der Waals surface area (Å²) < 4.78 is 22.5. The lowest BCUT2D eigenvalue weighted by atomic mass is 9.65. The molecule has 9 nitrogen and oxygen atoms in total.